The Bertz CT molecular complexity index is 665. The fourth-order valence-corrected chi connectivity index (χ4v) is 3.99. The zero-order valence-electron chi connectivity index (χ0n) is 15.4. The molecule has 7 nitrogen and oxygen atoms in total. The van der Waals surface area contributed by atoms with Crippen molar-refractivity contribution in [3.8, 4) is 6.07 Å². The predicted octanol–water partition coefficient (Wildman–Crippen LogP) is 0.305. The summed E-state index contributed by atoms with van der Waals surface area (Å²) in [6.45, 7) is 3.05. The number of hydrogen-bond acceptors (Lipinski definition) is 4. The van der Waals surface area contributed by atoms with E-state index in [0.29, 0.717) is 25.4 Å². The monoisotopic (exact) mass is 359 g/mol. The van der Waals surface area contributed by atoms with Crippen molar-refractivity contribution in [1.29, 1.82) is 5.26 Å². The molecule has 1 aromatic heterocycles. The molecule has 0 bridgehead atoms. The Kier molecular flexibility index (Phi) is 5.62. The second-order valence-corrected chi connectivity index (χ2v) is 7.35. The van der Waals surface area contributed by atoms with Crippen LogP contribution < -0.4 is 4.90 Å². The van der Waals surface area contributed by atoms with Crippen LogP contribution in [0.5, 0.6) is 0 Å². The van der Waals surface area contributed by atoms with Crippen molar-refractivity contribution in [3.63, 3.8) is 0 Å². The molecule has 140 valence electrons. The molecule has 2 aliphatic rings. The van der Waals surface area contributed by atoms with Crippen molar-refractivity contribution in [2.24, 2.45) is 0 Å². The van der Waals surface area contributed by atoms with Gasteiger partial charge in [-0.05, 0) is 25.0 Å². The van der Waals surface area contributed by atoms with Crippen LogP contribution in [0.1, 0.15) is 42.7 Å². The number of furan rings is 1. The third-order valence-electron chi connectivity index (χ3n) is 5.80. The highest BCUT2D eigenvalue weighted by molar-refractivity contribution is 5.91. The molecule has 2 heterocycles. The molecule has 1 saturated carbocycles. The van der Waals surface area contributed by atoms with Gasteiger partial charge >= 0.3 is 0 Å². The van der Waals surface area contributed by atoms with Crippen LogP contribution >= 0.6 is 0 Å². The largest absolute Gasteiger partial charge is 0.459 e. The summed E-state index contributed by atoms with van der Waals surface area (Å²) in [6, 6.07) is 5.79. The van der Waals surface area contributed by atoms with Gasteiger partial charge in [0.25, 0.3) is 11.8 Å². The molecule has 0 unspecified atom stereocenters. The lowest BCUT2D eigenvalue weighted by molar-refractivity contribution is -0.896. The Labute approximate surface area is 154 Å². The number of nitrogens with one attached hydrogen (secondary N) is 1. The first-order valence-electron chi connectivity index (χ1n) is 9.40. The quantitative estimate of drug-likeness (QED) is 0.839. The minimum absolute atomic E-state index is 0.0225. The summed E-state index contributed by atoms with van der Waals surface area (Å²) >= 11 is 0. The van der Waals surface area contributed by atoms with Crippen LogP contribution in [0, 0.1) is 11.3 Å². The molecule has 1 saturated heterocycles. The van der Waals surface area contributed by atoms with Crippen LogP contribution in [0.15, 0.2) is 22.8 Å². The number of nitrogens with zero attached hydrogens (tertiary/aromatic N) is 3. The lowest BCUT2D eigenvalue weighted by Gasteiger charge is -2.40. The maximum atomic E-state index is 12.7. The highest BCUT2D eigenvalue weighted by atomic mass is 16.3. The van der Waals surface area contributed by atoms with E-state index in [2.05, 4.69) is 6.07 Å². The molecule has 2 fully saturated rings. The van der Waals surface area contributed by atoms with E-state index in [4.69, 9.17) is 4.42 Å². The van der Waals surface area contributed by atoms with Gasteiger partial charge < -0.3 is 19.1 Å². The number of amides is 2. The molecule has 3 rings (SSSR count). The van der Waals surface area contributed by atoms with Crippen LogP contribution in [-0.4, -0.2) is 66.9 Å². The average Bonchev–Trinajstić information content (AvgIpc) is 3.22. The Morgan fingerprint density at radius 3 is 2.58 bits per heavy atom. The molecule has 1 N–H and O–H groups in total. The molecule has 2 amide bonds. The molecule has 0 spiro atoms. The Morgan fingerprint density at radius 1 is 1.31 bits per heavy atom. The van der Waals surface area contributed by atoms with Crippen LogP contribution in [0.2, 0.25) is 0 Å². The highest BCUT2D eigenvalue weighted by Crippen LogP contribution is 2.32. The topological polar surface area (TPSA) is 82.0 Å². The summed E-state index contributed by atoms with van der Waals surface area (Å²) in [4.78, 5) is 29.6. The maximum absolute atomic E-state index is 12.7. The van der Waals surface area contributed by atoms with E-state index in [1.807, 2.05) is 0 Å². The molecule has 1 aromatic rings. The smallest absolute Gasteiger partial charge is 0.289 e. The van der Waals surface area contributed by atoms with Gasteiger partial charge in [0.15, 0.2) is 12.3 Å². The Balaban J connectivity index is 1.51. The second-order valence-electron chi connectivity index (χ2n) is 7.35. The van der Waals surface area contributed by atoms with Gasteiger partial charge in [-0.1, -0.05) is 19.3 Å². The van der Waals surface area contributed by atoms with Crippen LogP contribution in [0.4, 0.5) is 0 Å². The van der Waals surface area contributed by atoms with Crippen LogP contribution in [0.25, 0.3) is 0 Å². The van der Waals surface area contributed by atoms with Crippen molar-refractivity contribution < 1.29 is 18.9 Å². The Hall–Kier alpha value is -2.33. The maximum Gasteiger partial charge on any atom is 0.289 e. The predicted molar refractivity (Wildman–Crippen MR) is 94.4 cm³/mol. The van der Waals surface area contributed by atoms with Gasteiger partial charge in [-0.25, -0.2) is 0 Å². The van der Waals surface area contributed by atoms with E-state index >= 15 is 0 Å². The van der Waals surface area contributed by atoms with Gasteiger partial charge in [0.2, 0.25) is 0 Å². The van der Waals surface area contributed by atoms with Gasteiger partial charge in [0, 0.05) is 7.05 Å². The first kappa shape index (κ1) is 18.5. The summed E-state index contributed by atoms with van der Waals surface area (Å²) in [6.07, 6.45) is 6.19. The fraction of sp³-hybridized carbons (Fsp3) is 0.632. The normalized spacial score (nSPS) is 20.4. The van der Waals surface area contributed by atoms with Gasteiger partial charge in [0.1, 0.15) is 5.54 Å². The number of rotatable bonds is 4. The lowest BCUT2D eigenvalue weighted by Crippen LogP contribution is -3.16. The fourth-order valence-electron chi connectivity index (χ4n) is 3.99. The van der Waals surface area contributed by atoms with Gasteiger partial charge in [-0.15, -0.1) is 0 Å². The van der Waals surface area contributed by atoms with Crippen LogP contribution in [-0.2, 0) is 4.79 Å². The van der Waals surface area contributed by atoms with E-state index in [0.717, 1.165) is 50.1 Å². The number of hydrogen-bond donors (Lipinski definition) is 1. The molecule has 1 aliphatic heterocycles. The summed E-state index contributed by atoms with van der Waals surface area (Å²) in [7, 11) is 1.77. The molecule has 0 atom stereocenters. The first-order valence-corrected chi connectivity index (χ1v) is 9.40. The summed E-state index contributed by atoms with van der Waals surface area (Å²) in [5.74, 6) is 0.287. The van der Waals surface area contributed by atoms with Gasteiger partial charge in [-0.2, -0.15) is 5.26 Å². The molecule has 0 aromatic carbocycles. The third kappa shape index (κ3) is 3.75. The van der Waals surface area contributed by atoms with Crippen molar-refractivity contribution in [1.82, 2.24) is 9.80 Å². The molecule has 26 heavy (non-hydrogen) atoms. The summed E-state index contributed by atoms with van der Waals surface area (Å²) in [5, 5.41) is 9.65. The molecule has 1 aliphatic carbocycles. The van der Waals surface area contributed by atoms with Gasteiger partial charge in [0.05, 0.1) is 38.5 Å². The first-order chi connectivity index (χ1) is 12.6. The van der Waals surface area contributed by atoms with Crippen molar-refractivity contribution in [3.05, 3.63) is 24.2 Å². The van der Waals surface area contributed by atoms with Crippen molar-refractivity contribution in [2.75, 3.05) is 39.8 Å². The number of carbonyl (C=O) groups is 2. The average molecular weight is 359 g/mol. The minimum Gasteiger partial charge on any atom is -0.459 e. The van der Waals surface area contributed by atoms with E-state index in [-0.39, 0.29) is 11.8 Å². The van der Waals surface area contributed by atoms with E-state index in [1.165, 1.54) is 6.26 Å². The highest BCUT2D eigenvalue weighted by Gasteiger charge is 2.40. The van der Waals surface area contributed by atoms with E-state index < -0.39 is 5.54 Å². The van der Waals surface area contributed by atoms with Crippen LogP contribution in [0.3, 0.4) is 0 Å². The molecular formula is C19H27N4O3+. The summed E-state index contributed by atoms with van der Waals surface area (Å²) in [5.41, 5.74) is -0.633. The number of carbonyl (C=O) groups excluding carboxylic acids is 2. The lowest BCUT2D eigenvalue weighted by atomic mass is 9.81. The number of quaternary nitrogens is 1. The number of piperazine rings is 1. The molecular weight excluding hydrogens is 332 g/mol. The number of likely N-dealkylation sites (N-methyl/N-ethyl adjacent to an activating group) is 1. The summed E-state index contributed by atoms with van der Waals surface area (Å²) < 4.78 is 5.17. The second kappa shape index (κ2) is 7.92. The van der Waals surface area contributed by atoms with Gasteiger partial charge in [-0.3, -0.25) is 9.59 Å². The Morgan fingerprint density at radius 2 is 2.00 bits per heavy atom. The van der Waals surface area contributed by atoms with E-state index in [9.17, 15) is 14.9 Å². The number of nitriles is 1. The van der Waals surface area contributed by atoms with Crippen molar-refractivity contribution in [2.45, 2.75) is 37.6 Å². The zero-order valence-corrected chi connectivity index (χ0v) is 15.4. The SMILES string of the molecule is CN(C(=O)C[NH+]1CCN(C(=O)c2ccco2)CC1)C1(C#N)CCCCC1. The standard InChI is InChI=1S/C19H26N4O3/c1-21(19(15-20)7-3-2-4-8-19)17(24)14-22-9-11-23(12-10-22)18(25)16-6-5-13-26-16/h5-6,13H,2-4,7-12,14H2,1H3/p+1. The minimum atomic E-state index is -0.633. The third-order valence-corrected chi connectivity index (χ3v) is 5.80. The molecule has 7 heteroatoms. The molecule has 0 radical (unpaired) electrons. The van der Waals surface area contributed by atoms with E-state index in [1.54, 1.807) is 29.0 Å². The van der Waals surface area contributed by atoms with Crippen molar-refractivity contribution >= 4 is 11.8 Å². The zero-order chi connectivity index (χ0) is 18.6.